The molecule has 1 aromatic rings. The largest absolute Gasteiger partial charge is 0.494 e. The lowest BCUT2D eigenvalue weighted by atomic mass is 10.2. The number of carbonyl (C=O) groups is 1. The standard InChI is InChI=1S/C15H23NO4/c1-5-18-12-7-8-14(19-6-2)13(9-12)16-15(17)10-20-11(3)4/h7-9,11H,5-6,10H2,1-4H3,(H,16,17). The summed E-state index contributed by atoms with van der Waals surface area (Å²) in [5, 5.41) is 2.78. The third kappa shape index (κ3) is 5.48. The molecular weight excluding hydrogens is 258 g/mol. The third-order valence-corrected chi connectivity index (χ3v) is 2.38. The minimum absolute atomic E-state index is 0.0156. The topological polar surface area (TPSA) is 56.8 Å². The van der Waals surface area contributed by atoms with Gasteiger partial charge in [-0.25, -0.2) is 0 Å². The lowest BCUT2D eigenvalue weighted by molar-refractivity contribution is -0.121. The number of nitrogens with one attached hydrogen (secondary N) is 1. The summed E-state index contributed by atoms with van der Waals surface area (Å²) in [6.07, 6.45) is 0.0156. The van der Waals surface area contributed by atoms with Crippen LogP contribution in [-0.2, 0) is 9.53 Å². The van der Waals surface area contributed by atoms with Gasteiger partial charge < -0.3 is 19.5 Å². The Hall–Kier alpha value is -1.75. The van der Waals surface area contributed by atoms with Crippen molar-refractivity contribution in [2.24, 2.45) is 0 Å². The van der Waals surface area contributed by atoms with Crippen LogP contribution < -0.4 is 14.8 Å². The van der Waals surface area contributed by atoms with Gasteiger partial charge in [-0.05, 0) is 39.8 Å². The van der Waals surface area contributed by atoms with E-state index in [9.17, 15) is 4.79 Å². The van der Waals surface area contributed by atoms with Gasteiger partial charge in [0.05, 0.1) is 25.0 Å². The SMILES string of the molecule is CCOc1ccc(OCC)c(NC(=O)COC(C)C)c1. The van der Waals surface area contributed by atoms with Crippen LogP contribution in [0.3, 0.4) is 0 Å². The van der Waals surface area contributed by atoms with Crippen molar-refractivity contribution in [1.29, 1.82) is 0 Å². The predicted molar refractivity (Wildman–Crippen MR) is 78.5 cm³/mol. The van der Waals surface area contributed by atoms with E-state index in [0.717, 1.165) is 0 Å². The molecule has 1 N–H and O–H groups in total. The Kier molecular flexibility index (Phi) is 6.87. The van der Waals surface area contributed by atoms with Crippen LogP contribution >= 0.6 is 0 Å². The Bertz CT molecular complexity index is 432. The summed E-state index contributed by atoms with van der Waals surface area (Å²) in [6.45, 7) is 8.68. The van der Waals surface area contributed by atoms with Gasteiger partial charge in [0.2, 0.25) is 5.91 Å². The normalized spacial score (nSPS) is 10.4. The third-order valence-electron chi connectivity index (χ3n) is 2.38. The van der Waals surface area contributed by atoms with E-state index in [2.05, 4.69) is 5.32 Å². The van der Waals surface area contributed by atoms with Gasteiger partial charge >= 0.3 is 0 Å². The molecule has 0 fully saturated rings. The zero-order valence-corrected chi connectivity index (χ0v) is 12.6. The molecule has 112 valence electrons. The molecule has 0 aromatic heterocycles. The maximum atomic E-state index is 11.8. The van der Waals surface area contributed by atoms with Crippen LogP contribution in [0.1, 0.15) is 27.7 Å². The molecule has 1 amide bonds. The van der Waals surface area contributed by atoms with Gasteiger partial charge in [0.25, 0.3) is 0 Å². The van der Waals surface area contributed by atoms with E-state index >= 15 is 0 Å². The number of rotatable bonds is 8. The van der Waals surface area contributed by atoms with E-state index in [1.54, 1.807) is 12.1 Å². The molecule has 20 heavy (non-hydrogen) atoms. The fraction of sp³-hybridized carbons (Fsp3) is 0.533. The van der Waals surface area contributed by atoms with Crippen LogP contribution in [0.15, 0.2) is 18.2 Å². The second-order valence-electron chi connectivity index (χ2n) is 4.43. The van der Waals surface area contributed by atoms with Gasteiger partial charge in [-0.3, -0.25) is 4.79 Å². The van der Waals surface area contributed by atoms with Gasteiger partial charge in [-0.1, -0.05) is 0 Å². The molecule has 1 aromatic carbocycles. The molecule has 5 nitrogen and oxygen atoms in total. The first kappa shape index (κ1) is 16.3. The smallest absolute Gasteiger partial charge is 0.250 e. The number of anilines is 1. The van der Waals surface area contributed by atoms with Crippen molar-refractivity contribution in [2.75, 3.05) is 25.1 Å². The van der Waals surface area contributed by atoms with E-state index in [1.807, 2.05) is 33.8 Å². The summed E-state index contributed by atoms with van der Waals surface area (Å²) in [6, 6.07) is 5.35. The van der Waals surface area contributed by atoms with Crippen LogP contribution in [0.25, 0.3) is 0 Å². The van der Waals surface area contributed by atoms with Crippen LogP contribution in [0, 0.1) is 0 Å². The van der Waals surface area contributed by atoms with Crippen molar-refractivity contribution in [3.05, 3.63) is 18.2 Å². The monoisotopic (exact) mass is 281 g/mol. The molecule has 0 aliphatic heterocycles. The molecule has 5 heteroatoms. The summed E-state index contributed by atoms with van der Waals surface area (Å²) >= 11 is 0. The summed E-state index contributed by atoms with van der Waals surface area (Å²) in [7, 11) is 0. The van der Waals surface area contributed by atoms with Gasteiger partial charge in [-0.15, -0.1) is 0 Å². The zero-order valence-electron chi connectivity index (χ0n) is 12.6. The van der Waals surface area contributed by atoms with Crippen molar-refractivity contribution in [3.63, 3.8) is 0 Å². The number of amides is 1. The van der Waals surface area contributed by atoms with Crippen molar-refractivity contribution in [1.82, 2.24) is 0 Å². The predicted octanol–water partition coefficient (Wildman–Crippen LogP) is 2.85. The van der Waals surface area contributed by atoms with E-state index < -0.39 is 0 Å². The fourth-order valence-electron chi connectivity index (χ4n) is 1.57. The first-order chi connectivity index (χ1) is 9.56. The highest BCUT2D eigenvalue weighted by atomic mass is 16.5. The first-order valence-corrected chi connectivity index (χ1v) is 6.87. The molecule has 0 heterocycles. The maximum Gasteiger partial charge on any atom is 0.250 e. The first-order valence-electron chi connectivity index (χ1n) is 6.87. The van der Waals surface area contributed by atoms with Crippen LogP contribution in [-0.4, -0.2) is 31.8 Å². The number of ether oxygens (including phenoxy) is 3. The Morgan fingerprint density at radius 3 is 2.50 bits per heavy atom. The molecule has 0 unspecified atom stereocenters. The van der Waals surface area contributed by atoms with Gasteiger partial charge in [-0.2, -0.15) is 0 Å². The summed E-state index contributed by atoms with van der Waals surface area (Å²) in [4.78, 5) is 11.8. The lowest BCUT2D eigenvalue weighted by Crippen LogP contribution is -2.21. The quantitative estimate of drug-likeness (QED) is 0.796. The van der Waals surface area contributed by atoms with Crippen LogP contribution in [0.2, 0.25) is 0 Å². The Morgan fingerprint density at radius 2 is 1.90 bits per heavy atom. The van der Waals surface area contributed by atoms with Gasteiger partial charge in [0.1, 0.15) is 18.1 Å². The Balaban J connectivity index is 2.78. The number of carbonyl (C=O) groups excluding carboxylic acids is 1. The number of hydrogen-bond donors (Lipinski definition) is 1. The highest BCUT2D eigenvalue weighted by Crippen LogP contribution is 2.29. The van der Waals surface area contributed by atoms with E-state index in [-0.39, 0.29) is 18.6 Å². The molecule has 0 atom stereocenters. The number of hydrogen-bond acceptors (Lipinski definition) is 4. The lowest BCUT2D eigenvalue weighted by Gasteiger charge is -2.14. The van der Waals surface area contributed by atoms with Gasteiger partial charge in [0.15, 0.2) is 0 Å². The summed E-state index contributed by atoms with van der Waals surface area (Å²) in [5.41, 5.74) is 0.593. The van der Waals surface area contributed by atoms with E-state index in [4.69, 9.17) is 14.2 Å². The second kappa shape index (κ2) is 8.43. The minimum atomic E-state index is -0.215. The second-order valence-corrected chi connectivity index (χ2v) is 4.43. The molecule has 0 spiro atoms. The molecular formula is C15H23NO4. The van der Waals surface area contributed by atoms with E-state index in [1.165, 1.54) is 0 Å². The van der Waals surface area contributed by atoms with E-state index in [0.29, 0.717) is 30.4 Å². The summed E-state index contributed by atoms with van der Waals surface area (Å²) < 4.78 is 16.2. The molecule has 0 aliphatic rings. The highest BCUT2D eigenvalue weighted by Gasteiger charge is 2.10. The molecule has 0 saturated carbocycles. The molecule has 0 radical (unpaired) electrons. The average molecular weight is 281 g/mol. The van der Waals surface area contributed by atoms with Crippen molar-refractivity contribution in [2.45, 2.75) is 33.8 Å². The Labute approximate surface area is 120 Å². The van der Waals surface area contributed by atoms with Crippen LogP contribution in [0.5, 0.6) is 11.5 Å². The average Bonchev–Trinajstić information content (AvgIpc) is 2.40. The molecule has 0 saturated heterocycles. The zero-order chi connectivity index (χ0) is 15.0. The van der Waals surface area contributed by atoms with Crippen LogP contribution in [0.4, 0.5) is 5.69 Å². The Morgan fingerprint density at radius 1 is 1.20 bits per heavy atom. The number of benzene rings is 1. The molecule has 0 aliphatic carbocycles. The van der Waals surface area contributed by atoms with Crippen molar-refractivity contribution < 1.29 is 19.0 Å². The minimum Gasteiger partial charge on any atom is -0.494 e. The summed E-state index contributed by atoms with van der Waals surface area (Å²) in [5.74, 6) is 1.10. The maximum absolute atomic E-state index is 11.8. The fourth-order valence-corrected chi connectivity index (χ4v) is 1.57. The van der Waals surface area contributed by atoms with Gasteiger partial charge in [0, 0.05) is 6.07 Å². The van der Waals surface area contributed by atoms with Crippen molar-refractivity contribution in [3.8, 4) is 11.5 Å². The molecule has 0 bridgehead atoms. The highest BCUT2D eigenvalue weighted by molar-refractivity contribution is 5.93. The van der Waals surface area contributed by atoms with Crippen molar-refractivity contribution >= 4 is 11.6 Å². The molecule has 1 rings (SSSR count).